The normalized spacial score (nSPS) is 14.1. The molecule has 196 valence electrons. The summed E-state index contributed by atoms with van der Waals surface area (Å²) in [5, 5.41) is 11.4. The molecule has 2 amide bonds. The highest BCUT2D eigenvalue weighted by Gasteiger charge is 2.37. The summed E-state index contributed by atoms with van der Waals surface area (Å²) in [6.45, 7) is 5.43. The lowest BCUT2D eigenvalue weighted by molar-refractivity contribution is -0.128. The number of carbonyl (C=O) groups is 2. The Kier molecular flexibility index (Phi) is 6.97. The van der Waals surface area contributed by atoms with Crippen LogP contribution < -0.4 is 10.2 Å². The zero-order valence-electron chi connectivity index (χ0n) is 21.9. The van der Waals surface area contributed by atoms with Crippen LogP contribution in [0.25, 0.3) is 11.0 Å². The average Bonchev–Trinajstić information content (AvgIpc) is 3.29. The molecule has 0 fully saturated rings. The minimum atomic E-state index is -1.22. The van der Waals surface area contributed by atoms with Gasteiger partial charge in [0.15, 0.2) is 0 Å². The third-order valence-corrected chi connectivity index (χ3v) is 6.81. The van der Waals surface area contributed by atoms with Crippen molar-refractivity contribution in [1.82, 2.24) is 20.3 Å². The largest absolute Gasteiger partial charge is 0.349 e. The fourth-order valence-corrected chi connectivity index (χ4v) is 5.18. The van der Waals surface area contributed by atoms with E-state index >= 15 is 4.39 Å². The number of amides is 2. The molecular formula is C30H32FN5O2. The molecule has 0 radical (unpaired) electrons. The Balaban J connectivity index is 1.67. The highest BCUT2D eigenvalue weighted by atomic mass is 19.1. The van der Waals surface area contributed by atoms with Gasteiger partial charge in [-0.2, -0.15) is 0 Å². The monoisotopic (exact) mass is 513 g/mol. The zero-order valence-corrected chi connectivity index (χ0v) is 21.9. The average molecular weight is 514 g/mol. The van der Waals surface area contributed by atoms with Crippen molar-refractivity contribution < 1.29 is 14.0 Å². The Morgan fingerprint density at radius 1 is 1.00 bits per heavy atom. The summed E-state index contributed by atoms with van der Waals surface area (Å²) in [4.78, 5) is 29.7. The van der Waals surface area contributed by atoms with Crippen molar-refractivity contribution in [3.8, 4) is 0 Å². The number of rotatable bonds is 6. The summed E-state index contributed by atoms with van der Waals surface area (Å²) in [6.07, 6.45) is 3.73. The number of carbonyl (C=O) groups excluding carboxylic acids is 2. The van der Waals surface area contributed by atoms with Crippen molar-refractivity contribution in [2.45, 2.75) is 64.6 Å². The van der Waals surface area contributed by atoms with Gasteiger partial charge < -0.3 is 5.32 Å². The molecule has 0 saturated heterocycles. The van der Waals surface area contributed by atoms with Gasteiger partial charge in [-0.3, -0.25) is 14.5 Å². The Labute approximate surface area is 221 Å². The van der Waals surface area contributed by atoms with Crippen LogP contribution in [0.3, 0.4) is 0 Å². The van der Waals surface area contributed by atoms with Crippen LogP contribution in [0.4, 0.5) is 10.1 Å². The molecule has 38 heavy (non-hydrogen) atoms. The molecule has 8 heteroatoms. The van der Waals surface area contributed by atoms with Gasteiger partial charge in [0, 0.05) is 16.8 Å². The van der Waals surface area contributed by atoms with Crippen LogP contribution >= 0.6 is 0 Å². The van der Waals surface area contributed by atoms with Gasteiger partial charge in [-0.1, -0.05) is 47.7 Å². The maximum Gasteiger partial charge on any atom is 0.249 e. The Morgan fingerprint density at radius 2 is 1.74 bits per heavy atom. The van der Waals surface area contributed by atoms with E-state index in [1.807, 2.05) is 57.2 Å². The standard InChI is InChI=1S/C30H32FN5O2/c1-30(2,3)32-29(38)28(22-14-6-7-15-23(22)31)36(25-18-10-12-20-11-4-5-13-21(20)25)27(37)19-35-26-17-9-8-16-24(26)33-34-35/h6-10,12,14-18,28H,4-5,11,13,19H2,1-3H3,(H,32,38). The molecule has 5 rings (SSSR count). The van der Waals surface area contributed by atoms with Crippen molar-refractivity contribution in [2.75, 3.05) is 4.90 Å². The highest BCUT2D eigenvalue weighted by molar-refractivity contribution is 6.02. The summed E-state index contributed by atoms with van der Waals surface area (Å²) in [5.74, 6) is -1.37. The van der Waals surface area contributed by atoms with Crippen LogP contribution in [-0.2, 0) is 29.0 Å². The molecule has 0 spiro atoms. The van der Waals surface area contributed by atoms with Gasteiger partial charge in [0.1, 0.15) is 23.9 Å². The lowest BCUT2D eigenvalue weighted by Gasteiger charge is -2.36. The first-order valence-corrected chi connectivity index (χ1v) is 13.0. The summed E-state index contributed by atoms with van der Waals surface area (Å²) in [6, 6.07) is 18.2. The lowest BCUT2D eigenvalue weighted by atomic mass is 9.89. The number of anilines is 1. The van der Waals surface area contributed by atoms with E-state index in [0.29, 0.717) is 16.7 Å². The van der Waals surface area contributed by atoms with Gasteiger partial charge in [-0.15, -0.1) is 5.10 Å². The van der Waals surface area contributed by atoms with Gasteiger partial charge in [-0.25, -0.2) is 9.07 Å². The molecule has 4 aromatic rings. The number of aromatic nitrogens is 3. The van der Waals surface area contributed by atoms with Crippen molar-refractivity contribution >= 4 is 28.5 Å². The van der Waals surface area contributed by atoms with Gasteiger partial charge in [0.2, 0.25) is 11.8 Å². The molecule has 1 heterocycles. The van der Waals surface area contributed by atoms with Crippen LogP contribution in [0.2, 0.25) is 0 Å². The maximum atomic E-state index is 15.4. The number of benzene rings is 3. The fourth-order valence-electron chi connectivity index (χ4n) is 5.18. The Hall–Kier alpha value is -4.07. The van der Waals surface area contributed by atoms with E-state index in [0.717, 1.165) is 36.8 Å². The van der Waals surface area contributed by atoms with E-state index in [-0.39, 0.29) is 18.0 Å². The predicted octanol–water partition coefficient (Wildman–Crippen LogP) is 5.14. The molecule has 7 nitrogen and oxygen atoms in total. The maximum absolute atomic E-state index is 15.4. The third-order valence-electron chi connectivity index (χ3n) is 6.81. The smallest absolute Gasteiger partial charge is 0.249 e. The molecule has 0 saturated carbocycles. The van der Waals surface area contributed by atoms with E-state index in [4.69, 9.17) is 0 Å². The van der Waals surface area contributed by atoms with E-state index in [2.05, 4.69) is 21.7 Å². The van der Waals surface area contributed by atoms with Gasteiger partial charge in [0.25, 0.3) is 0 Å². The fraction of sp³-hybridized carbons (Fsp3) is 0.333. The number of hydrogen-bond donors (Lipinski definition) is 1. The molecule has 3 aromatic carbocycles. The highest BCUT2D eigenvalue weighted by Crippen LogP contribution is 2.37. The number of para-hydroxylation sites is 1. The first kappa shape index (κ1) is 25.6. The number of halogens is 1. The molecule has 1 N–H and O–H groups in total. The van der Waals surface area contributed by atoms with Crippen molar-refractivity contribution in [2.24, 2.45) is 0 Å². The number of nitrogens with one attached hydrogen (secondary N) is 1. The van der Waals surface area contributed by atoms with Crippen molar-refractivity contribution in [3.05, 3.63) is 89.2 Å². The minimum absolute atomic E-state index is 0.138. The van der Waals surface area contributed by atoms with Crippen LogP contribution in [0.5, 0.6) is 0 Å². The van der Waals surface area contributed by atoms with Crippen LogP contribution in [0.1, 0.15) is 56.3 Å². The van der Waals surface area contributed by atoms with Gasteiger partial charge in [-0.05, 0) is 81.8 Å². The second-order valence-corrected chi connectivity index (χ2v) is 10.8. The quantitative estimate of drug-likeness (QED) is 0.387. The Bertz CT molecular complexity index is 1490. The Morgan fingerprint density at radius 3 is 2.53 bits per heavy atom. The lowest BCUT2D eigenvalue weighted by Crippen LogP contribution is -2.50. The molecule has 1 aliphatic carbocycles. The van der Waals surface area contributed by atoms with Crippen molar-refractivity contribution in [1.29, 1.82) is 0 Å². The van der Waals surface area contributed by atoms with Crippen LogP contribution in [0, 0.1) is 5.82 Å². The van der Waals surface area contributed by atoms with E-state index in [9.17, 15) is 9.59 Å². The van der Waals surface area contributed by atoms with Crippen LogP contribution in [0.15, 0.2) is 66.7 Å². The van der Waals surface area contributed by atoms with Crippen molar-refractivity contribution in [3.63, 3.8) is 0 Å². The molecular weight excluding hydrogens is 481 g/mol. The molecule has 1 aromatic heterocycles. The van der Waals surface area contributed by atoms with Gasteiger partial charge >= 0.3 is 0 Å². The minimum Gasteiger partial charge on any atom is -0.349 e. The number of hydrogen-bond acceptors (Lipinski definition) is 4. The second kappa shape index (κ2) is 10.4. The van der Waals surface area contributed by atoms with Gasteiger partial charge in [0.05, 0.1) is 5.52 Å². The molecule has 0 aliphatic heterocycles. The first-order chi connectivity index (χ1) is 18.2. The summed E-state index contributed by atoms with van der Waals surface area (Å²) in [7, 11) is 0. The van der Waals surface area contributed by atoms with E-state index in [1.54, 1.807) is 18.2 Å². The summed E-state index contributed by atoms with van der Waals surface area (Å²) >= 11 is 0. The molecule has 1 atom stereocenters. The van der Waals surface area contributed by atoms with Crippen LogP contribution in [-0.4, -0.2) is 32.3 Å². The number of aryl methyl sites for hydroxylation is 1. The third kappa shape index (κ3) is 5.16. The molecule has 1 unspecified atom stereocenters. The molecule has 0 bridgehead atoms. The van der Waals surface area contributed by atoms with E-state index in [1.165, 1.54) is 15.6 Å². The number of nitrogens with zero attached hydrogens (tertiary/aromatic N) is 4. The molecule has 1 aliphatic rings. The zero-order chi connectivity index (χ0) is 26.9. The van der Waals surface area contributed by atoms with E-state index < -0.39 is 23.3 Å². The SMILES string of the molecule is CC(C)(C)NC(=O)C(c1ccccc1F)N(C(=O)Cn1nnc2ccccc21)c1cccc2c1CCCC2. The summed E-state index contributed by atoms with van der Waals surface area (Å²) in [5.41, 5.74) is 3.74. The topological polar surface area (TPSA) is 80.1 Å². The number of fused-ring (bicyclic) bond motifs is 2. The first-order valence-electron chi connectivity index (χ1n) is 13.0. The summed E-state index contributed by atoms with van der Waals surface area (Å²) < 4.78 is 16.9. The predicted molar refractivity (Wildman–Crippen MR) is 145 cm³/mol. The second-order valence-electron chi connectivity index (χ2n) is 10.8.